The van der Waals surface area contributed by atoms with Crippen LogP contribution in [-0.2, 0) is 9.31 Å². The number of aliphatic hydroxyl groups excluding tert-OH is 1. The van der Waals surface area contributed by atoms with Crippen molar-refractivity contribution in [2.24, 2.45) is 0 Å². The largest absolute Gasteiger partial charge is 0.637 e. The molecule has 0 radical (unpaired) electrons. The van der Waals surface area contributed by atoms with Gasteiger partial charge in [0.2, 0.25) is 0 Å². The average molecular weight is 174 g/mol. The molecule has 0 aromatic heterocycles. The van der Waals surface area contributed by atoms with Crippen molar-refractivity contribution >= 4 is 7.32 Å². The van der Waals surface area contributed by atoms with Crippen LogP contribution in [0, 0.1) is 0 Å². The lowest BCUT2D eigenvalue weighted by Gasteiger charge is -2.46. The third-order valence-electron chi connectivity index (χ3n) is 2.13. The number of hydrogen-bond acceptors (Lipinski definition) is 4. The van der Waals surface area contributed by atoms with Crippen LogP contribution in [-0.4, -0.2) is 34.8 Å². The van der Waals surface area contributed by atoms with Crippen LogP contribution >= 0.6 is 0 Å². The Morgan fingerprint density at radius 2 is 1.42 bits per heavy atom. The Bertz CT molecular complexity index is 162. The molecule has 1 heterocycles. The standard InChI is InChI=1S/C7H15BO4/c1-6(2)5(9)7(3,4)12-8(10)11-6/h5,9-10H,1-4H3. The third-order valence-corrected chi connectivity index (χ3v) is 2.13. The van der Waals surface area contributed by atoms with Crippen LogP contribution in [0.15, 0.2) is 0 Å². The van der Waals surface area contributed by atoms with Gasteiger partial charge in [0.1, 0.15) is 6.10 Å². The van der Waals surface area contributed by atoms with Gasteiger partial charge in [0.05, 0.1) is 11.2 Å². The smallest absolute Gasteiger partial charge is 0.402 e. The van der Waals surface area contributed by atoms with Crippen molar-refractivity contribution < 1.29 is 19.4 Å². The van der Waals surface area contributed by atoms with Crippen LogP contribution in [0.2, 0.25) is 0 Å². The molecule has 1 aliphatic heterocycles. The van der Waals surface area contributed by atoms with Crippen LogP contribution in [0.25, 0.3) is 0 Å². The molecule has 0 saturated carbocycles. The molecular formula is C7H15BO4. The van der Waals surface area contributed by atoms with E-state index in [-0.39, 0.29) is 0 Å². The molecule has 70 valence electrons. The summed E-state index contributed by atoms with van der Waals surface area (Å²) in [6.45, 7) is 6.85. The maximum atomic E-state index is 9.72. The van der Waals surface area contributed by atoms with E-state index in [1.165, 1.54) is 0 Å². The van der Waals surface area contributed by atoms with E-state index in [1.54, 1.807) is 27.7 Å². The first-order chi connectivity index (χ1) is 5.26. The summed E-state index contributed by atoms with van der Waals surface area (Å²) >= 11 is 0. The Balaban J connectivity index is 2.84. The molecule has 0 atom stereocenters. The van der Waals surface area contributed by atoms with Gasteiger partial charge in [-0.2, -0.15) is 0 Å². The van der Waals surface area contributed by atoms with Crippen molar-refractivity contribution in [1.29, 1.82) is 0 Å². The second-order valence-corrected chi connectivity index (χ2v) is 4.15. The molecule has 5 heteroatoms. The Morgan fingerprint density at radius 3 is 1.75 bits per heavy atom. The van der Waals surface area contributed by atoms with Crippen molar-refractivity contribution in [2.45, 2.75) is 45.0 Å². The summed E-state index contributed by atoms with van der Waals surface area (Å²) in [7, 11) is -1.25. The van der Waals surface area contributed by atoms with Crippen molar-refractivity contribution in [2.75, 3.05) is 0 Å². The summed E-state index contributed by atoms with van der Waals surface area (Å²) < 4.78 is 10.0. The lowest BCUT2D eigenvalue weighted by molar-refractivity contribution is -0.189. The predicted octanol–water partition coefficient (Wildman–Crippen LogP) is -0.0715. The molecule has 0 aliphatic carbocycles. The van der Waals surface area contributed by atoms with Crippen LogP contribution < -0.4 is 0 Å². The highest BCUT2D eigenvalue weighted by atomic mass is 16.7. The Morgan fingerprint density at radius 1 is 1.08 bits per heavy atom. The van der Waals surface area contributed by atoms with E-state index in [4.69, 9.17) is 14.3 Å². The van der Waals surface area contributed by atoms with Crippen molar-refractivity contribution in [3.63, 3.8) is 0 Å². The summed E-state index contributed by atoms with van der Waals surface area (Å²) in [6, 6.07) is 0. The fourth-order valence-electron chi connectivity index (χ4n) is 1.51. The Labute approximate surface area is 72.7 Å². The lowest BCUT2D eigenvalue weighted by Crippen LogP contribution is -2.62. The summed E-state index contributed by atoms with van der Waals surface area (Å²) in [5, 5.41) is 18.9. The minimum Gasteiger partial charge on any atom is -0.402 e. The number of aliphatic hydroxyl groups is 1. The lowest BCUT2D eigenvalue weighted by atomic mass is 9.83. The van der Waals surface area contributed by atoms with Gasteiger partial charge in [-0.3, -0.25) is 0 Å². The molecule has 0 aromatic carbocycles. The molecule has 4 nitrogen and oxygen atoms in total. The van der Waals surface area contributed by atoms with Crippen LogP contribution in [0.4, 0.5) is 0 Å². The van der Waals surface area contributed by atoms with Gasteiger partial charge >= 0.3 is 7.32 Å². The van der Waals surface area contributed by atoms with Crippen LogP contribution in [0.1, 0.15) is 27.7 Å². The summed E-state index contributed by atoms with van der Waals surface area (Å²) in [6.07, 6.45) is -0.756. The molecular weight excluding hydrogens is 159 g/mol. The summed E-state index contributed by atoms with van der Waals surface area (Å²) in [5.41, 5.74) is -1.55. The predicted molar refractivity (Wildman–Crippen MR) is 44.3 cm³/mol. The molecule has 0 aromatic rings. The SMILES string of the molecule is CC1(C)OB(O)OC(C)(C)C1O. The molecule has 2 N–H and O–H groups in total. The highest BCUT2D eigenvalue weighted by Gasteiger charge is 2.50. The molecule has 0 bridgehead atoms. The van der Waals surface area contributed by atoms with E-state index < -0.39 is 24.6 Å². The second-order valence-electron chi connectivity index (χ2n) is 4.15. The molecule has 1 fully saturated rings. The molecule has 1 rings (SSSR count). The number of rotatable bonds is 0. The van der Waals surface area contributed by atoms with E-state index in [2.05, 4.69) is 0 Å². The zero-order chi connectivity index (χ0) is 9.57. The average Bonchev–Trinajstić information content (AvgIpc) is 1.80. The van der Waals surface area contributed by atoms with E-state index in [1.807, 2.05) is 0 Å². The minimum absolute atomic E-state index is 0.756. The molecule has 0 unspecified atom stereocenters. The second kappa shape index (κ2) is 2.70. The van der Waals surface area contributed by atoms with Gasteiger partial charge in [0.15, 0.2) is 0 Å². The van der Waals surface area contributed by atoms with Crippen molar-refractivity contribution in [1.82, 2.24) is 0 Å². The van der Waals surface area contributed by atoms with Crippen LogP contribution in [0.3, 0.4) is 0 Å². The molecule has 1 aliphatic rings. The highest BCUT2D eigenvalue weighted by Crippen LogP contribution is 2.32. The summed E-state index contributed by atoms with van der Waals surface area (Å²) in [4.78, 5) is 0. The third kappa shape index (κ3) is 1.64. The van der Waals surface area contributed by atoms with Gasteiger partial charge in [-0.1, -0.05) is 0 Å². The molecule has 1 saturated heterocycles. The topological polar surface area (TPSA) is 58.9 Å². The van der Waals surface area contributed by atoms with E-state index in [0.717, 1.165) is 0 Å². The fourth-order valence-corrected chi connectivity index (χ4v) is 1.51. The van der Waals surface area contributed by atoms with Gasteiger partial charge < -0.3 is 19.4 Å². The maximum absolute atomic E-state index is 9.72. The van der Waals surface area contributed by atoms with E-state index in [9.17, 15) is 5.11 Å². The zero-order valence-corrected chi connectivity index (χ0v) is 7.87. The number of hydrogen-bond donors (Lipinski definition) is 2. The highest BCUT2D eigenvalue weighted by molar-refractivity contribution is 6.35. The molecule has 0 amide bonds. The van der Waals surface area contributed by atoms with Gasteiger partial charge in [0.25, 0.3) is 0 Å². The summed E-state index contributed by atoms with van der Waals surface area (Å²) in [5.74, 6) is 0. The first-order valence-corrected chi connectivity index (χ1v) is 3.97. The molecule has 0 spiro atoms. The van der Waals surface area contributed by atoms with Gasteiger partial charge in [-0.05, 0) is 27.7 Å². The van der Waals surface area contributed by atoms with Crippen molar-refractivity contribution in [3.8, 4) is 0 Å². The molecule has 12 heavy (non-hydrogen) atoms. The zero-order valence-electron chi connectivity index (χ0n) is 7.87. The normalized spacial score (nSPS) is 29.0. The van der Waals surface area contributed by atoms with Gasteiger partial charge in [-0.25, -0.2) is 0 Å². The van der Waals surface area contributed by atoms with Crippen LogP contribution in [0.5, 0.6) is 0 Å². The first-order valence-electron chi connectivity index (χ1n) is 3.97. The monoisotopic (exact) mass is 174 g/mol. The maximum Gasteiger partial charge on any atom is 0.637 e. The quantitative estimate of drug-likeness (QED) is 0.504. The van der Waals surface area contributed by atoms with Crippen molar-refractivity contribution in [3.05, 3.63) is 0 Å². The van der Waals surface area contributed by atoms with E-state index >= 15 is 0 Å². The Kier molecular flexibility index (Phi) is 2.25. The van der Waals surface area contributed by atoms with E-state index in [0.29, 0.717) is 0 Å². The van der Waals surface area contributed by atoms with Gasteiger partial charge in [-0.15, -0.1) is 0 Å². The fraction of sp³-hybridized carbons (Fsp3) is 1.00. The van der Waals surface area contributed by atoms with Gasteiger partial charge in [0, 0.05) is 0 Å². The minimum atomic E-state index is -1.25. The Hall–Kier alpha value is -0.0951. The first kappa shape index (κ1) is 9.99.